The van der Waals surface area contributed by atoms with E-state index in [2.05, 4.69) is 34.0 Å². The zero-order valence-electron chi connectivity index (χ0n) is 18.3. The highest BCUT2D eigenvalue weighted by Crippen LogP contribution is 2.35. The van der Waals surface area contributed by atoms with Crippen molar-refractivity contribution in [2.45, 2.75) is 45.4 Å². The summed E-state index contributed by atoms with van der Waals surface area (Å²) >= 11 is 6.06. The van der Waals surface area contributed by atoms with Gasteiger partial charge in [-0.2, -0.15) is 0 Å². The highest BCUT2D eigenvalue weighted by molar-refractivity contribution is 6.30. The van der Waals surface area contributed by atoms with Crippen molar-refractivity contribution in [3.8, 4) is 0 Å². The van der Waals surface area contributed by atoms with Gasteiger partial charge in [0.05, 0.1) is 24.3 Å². The molecule has 1 saturated heterocycles. The van der Waals surface area contributed by atoms with Crippen molar-refractivity contribution in [1.82, 2.24) is 20.2 Å². The van der Waals surface area contributed by atoms with E-state index in [4.69, 9.17) is 16.3 Å². The number of nitrogens with zero attached hydrogens (tertiary/aromatic N) is 4. The minimum atomic E-state index is -0.233. The van der Waals surface area contributed by atoms with Crippen LogP contribution in [0.3, 0.4) is 0 Å². The Morgan fingerprint density at radius 1 is 1.19 bits per heavy atom. The van der Waals surface area contributed by atoms with E-state index in [-0.39, 0.29) is 17.9 Å². The third-order valence-corrected chi connectivity index (χ3v) is 6.27. The summed E-state index contributed by atoms with van der Waals surface area (Å²) in [6, 6.07) is 7.92. The SMILES string of the molecule is CC(C)NC[C@@H](C(=O)N1CCN(c2ncnc3c2[C@@H](C)OC3)CC1)c1ccc(Cl)cc1. The summed E-state index contributed by atoms with van der Waals surface area (Å²) in [5, 5.41) is 4.10. The van der Waals surface area contributed by atoms with E-state index in [1.54, 1.807) is 6.33 Å². The molecule has 0 saturated carbocycles. The molecule has 2 atom stereocenters. The van der Waals surface area contributed by atoms with Gasteiger partial charge in [-0.3, -0.25) is 4.79 Å². The van der Waals surface area contributed by atoms with Crippen LogP contribution in [0.4, 0.5) is 5.82 Å². The lowest BCUT2D eigenvalue weighted by molar-refractivity contribution is -0.133. The minimum Gasteiger partial charge on any atom is -0.367 e. The van der Waals surface area contributed by atoms with E-state index >= 15 is 0 Å². The standard InChI is InChI=1S/C23H30ClN5O2/c1-15(2)25-12-19(17-4-6-18(24)7-5-17)23(30)29-10-8-28(9-11-29)22-21-16(3)31-13-20(21)26-14-27-22/h4-7,14-16,19,25H,8-13H2,1-3H3/t16-,19-/m1/s1. The molecule has 0 unspecified atom stereocenters. The maximum atomic E-state index is 13.5. The molecule has 0 spiro atoms. The normalized spacial score (nSPS) is 19.6. The van der Waals surface area contributed by atoms with Crippen LogP contribution in [0.25, 0.3) is 0 Å². The van der Waals surface area contributed by atoms with Crippen LogP contribution in [0.1, 0.15) is 49.6 Å². The third kappa shape index (κ3) is 4.84. The molecule has 0 radical (unpaired) electrons. The average Bonchev–Trinajstić information content (AvgIpc) is 3.16. The van der Waals surface area contributed by atoms with Crippen molar-refractivity contribution in [2.75, 3.05) is 37.6 Å². The number of benzene rings is 1. The average molecular weight is 444 g/mol. The zero-order valence-corrected chi connectivity index (χ0v) is 19.1. The van der Waals surface area contributed by atoms with Crippen LogP contribution in [-0.2, 0) is 16.1 Å². The van der Waals surface area contributed by atoms with E-state index in [0.717, 1.165) is 35.7 Å². The first-order valence-corrected chi connectivity index (χ1v) is 11.3. The van der Waals surface area contributed by atoms with Gasteiger partial charge in [0.2, 0.25) is 5.91 Å². The number of ether oxygens (including phenoxy) is 1. The number of nitrogens with one attached hydrogen (secondary N) is 1. The number of aromatic nitrogens is 2. The Balaban J connectivity index is 1.46. The molecule has 1 aromatic carbocycles. The van der Waals surface area contributed by atoms with Crippen molar-refractivity contribution in [2.24, 2.45) is 0 Å². The molecule has 1 aromatic heterocycles. The molecule has 2 aliphatic rings. The van der Waals surface area contributed by atoms with Gasteiger partial charge >= 0.3 is 0 Å². The largest absolute Gasteiger partial charge is 0.367 e. The van der Waals surface area contributed by atoms with Crippen LogP contribution in [0.5, 0.6) is 0 Å². The topological polar surface area (TPSA) is 70.6 Å². The second-order valence-corrected chi connectivity index (χ2v) is 8.93. The fourth-order valence-corrected chi connectivity index (χ4v) is 4.37. The quantitative estimate of drug-likeness (QED) is 0.739. The summed E-state index contributed by atoms with van der Waals surface area (Å²) in [6.45, 7) is 10.2. The molecule has 3 heterocycles. The van der Waals surface area contributed by atoms with Crippen LogP contribution in [0.2, 0.25) is 5.02 Å². The van der Waals surface area contributed by atoms with Crippen molar-refractivity contribution in [3.05, 3.63) is 52.4 Å². The molecule has 166 valence electrons. The number of anilines is 1. The highest BCUT2D eigenvalue weighted by Gasteiger charge is 2.32. The van der Waals surface area contributed by atoms with E-state index in [0.29, 0.717) is 37.3 Å². The summed E-state index contributed by atoms with van der Waals surface area (Å²) in [7, 11) is 0. The lowest BCUT2D eigenvalue weighted by Gasteiger charge is -2.38. The number of hydrogen-bond donors (Lipinski definition) is 1. The van der Waals surface area contributed by atoms with Gasteiger partial charge in [0.25, 0.3) is 0 Å². The summed E-state index contributed by atoms with van der Waals surface area (Å²) in [5.74, 6) is 0.862. The lowest BCUT2D eigenvalue weighted by Crippen LogP contribution is -2.51. The Labute approximate surface area is 188 Å². The molecule has 0 aliphatic carbocycles. The van der Waals surface area contributed by atoms with Crippen molar-refractivity contribution in [1.29, 1.82) is 0 Å². The van der Waals surface area contributed by atoms with E-state index < -0.39 is 0 Å². The Morgan fingerprint density at radius 2 is 1.90 bits per heavy atom. The number of rotatable bonds is 6. The first-order chi connectivity index (χ1) is 14.9. The number of piperazine rings is 1. The van der Waals surface area contributed by atoms with E-state index in [1.165, 1.54) is 0 Å². The van der Waals surface area contributed by atoms with Crippen LogP contribution < -0.4 is 10.2 Å². The number of carbonyl (C=O) groups excluding carboxylic acids is 1. The zero-order chi connectivity index (χ0) is 22.0. The molecular weight excluding hydrogens is 414 g/mol. The molecule has 1 N–H and O–H groups in total. The molecule has 1 fully saturated rings. The Hall–Kier alpha value is -2.22. The van der Waals surface area contributed by atoms with Gasteiger partial charge in [0.1, 0.15) is 12.1 Å². The number of hydrogen-bond acceptors (Lipinski definition) is 6. The molecule has 4 rings (SSSR count). The van der Waals surface area contributed by atoms with Gasteiger partial charge in [-0.1, -0.05) is 37.6 Å². The summed E-state index contributed by atoms with van der Waals surface area (Å²) in [6.07, 6.45) is 1.61. The first-order valence-electron chi connectivity index (χ1n) is 10.9. The monoisotopic (exact) mass is 443 g/mol. The second kappa shape index (κ2) is 9.51. The van der Waals surface area contributed by atoms with Gasteiger partial charge in [-0.25, -0.2) is 9.97 Å². The van der Waals surface area contributed by atoms with Gasteiger partial charge in [0.15, 0.2) is 0 Å². The lowest BCUT2D eigenvalue weighted by atomic mass is 9.96. The van der Waals surface area contributed by atoms with Gasteiger partial charge in [0, 0.05) is 49.4 Å². The summed E-state index contributed by atoms with van der Waals surface area (Å²) < 4.78 is 5.74. The van der Waals surface area contributed by atoms with Gasteiger partial charge in [-0.15, -0.1) is 0 Å². The first kappa shape index (κ1) is 22.0. The van der Waals surface area contributed by atoms with Crippen LogP contribution in [-0.4, -0.2) is 59.5 Å². The van der Waals surface area contributed by atoms with Crippen molar-refractivity contribution >= 4 is 23.3 Å². The molecule has 2 aliphatic heterocycles. The maximum Gasteiger partial charge on any atom is 0.231 e. The molecule has 0 bridgehead atoms. The molecular formula is C23H30ClN5O2. The van der Waals surface area contributed by atoms with Crippen molar-refractivity contribution in [3.63, 3.8) is 0 Å². The fraction of sp³-hybridized carbons (Fsp3) is 0.522. The Kier molecular flexibility index (Phi) is 6.74. The van der Waals surface area contributed by atoms with Gasteiger partial charge in [-0.05, 0) is 24.6 Å². The van der Waals surface area contributed by atoms with Gasteiger partial charge < -0.3 is 19.9 Å². The highest BCUT2D eigenvalue weighted by atomic mass is 35.5. The number of amides is 1. The number of fused-ring (bicyclic) bond motifs is 1. The van der Waals surface area contributed by atoms with Crippen molar-refractivity contribution < 1.29 is 9.53 Å². The summed E-state index contributed by atoms with van der Waals surface area (Å²) in [5.41, 5.74) is 3.05. The molecule has 8 heteroatoms. The number of halogens is 1. The molecule has 31 heavy (non-hydrogen) atoms. The molecule has 7 nitrogen and oxygen atoms in total. The van der Waals surface area contributed by atoms with E-state index in [9.17, 15) is 4.79 Å². The Morgan fingerprint density at radius 3 is 2.58 bits per heavy atom. The maximum absolute atomic E-state index is 13.5. The molecule has 2 aromatic rings. The second-order valence-electron chi connectivity index (χ2n) is 8.49. The Bertz CT molecular complexity index is 913. The smallest absolute Gasteiger partial charge is 0.231 e. The predicted molar refractivity (Wildman–Crippen MR) is 121 cm³/mol. The number of carbonyl (C=O) groups is 1. The van der Waals surface area contributed by atoms with Crippen LogP contribution in [0.15, 0.2) is 30.6 Å². The predicted octanol–water partition coefficient (Wildman–Crippen LogP) is 3.15. The fourth-order valence-electron chi connectivity index (χ4n) is 4.25. The van der Waals surface area contributed by atoms with Crippen LogP contribution in [0, 0.1) is 0 Å². The summed E-state index contributed by atoms with van der Waals surface area (Å²) in [4.78, 5) is 26.6. The minimum absolute atomic E-state index is 0.00209. The van der Waals surface area contributed by atoms with E-state index in [1.807, 2.05) is 36.1 Å². The third-order valence-electron chi connectivity index (χ3n) is 6.01. The molecule has 1 amide bonds. The van der Waals surface area contributed by atoms with Crippen LogP contribution >= 0.6 is 11.6 Å².